The Morgan fingerprint density at radius 1 is 1.00 bits per heavy atom. The van der Waals surface area contributed by atoms with Crippen molar-refractivity contribution in [2.24, 2.45) is 7.05 Å². The summed E-state index contributed by atoms with van der Waals surface area (Å²) in [6, 6.07) is 18.6. The molecule has 0 radical (unpaired) electrons. The molecule has 4 heterocycles. The Kier molecular flexibility index (Phi) is 4.09. The molecule has 0 saturated heterocycles. The van der Waals surface area contributed by atoms with Gasteiger partial charge in [0.25, 0.3) is 0 Å². The predicted octanol–water partition coefficient (Wildman–Crippen LogP) is 3.41. The lowest BCUT2D eigenvalue weighted by molar-refractivity contribution is 0.746. The third-order valence-corrected chi connectivity index (χ3v) is 5.90. The van der Waals surface area contributed by atoms with Crippen LogP contribution in [0, 0.1) is 0 Å². The van der Waals surface area contributed by atoms with Gasteiger partial charge in [0.1, 0.15) is 11.6 Å². The van der Waals surface area contributed by atoms with Crippen molar-refractivity contribution < 1.29 is 0 Å². The molecule has 1 aliphatic rings. The van der Waals surface area contributed by atoms with Crippen molar-refractivity contribution >= 4 is 33.8 Å². The highest BCUT2D eigenvalue weighted by Crippen LogP contribution is 2.32. The van der Waals surface area contributed by atoms with Crippen molar-refractivity contribution in [3.05, 3.63) is 71.7 Å². The average molecular weight is 410 g/mol. The van der Waals surface area contributed by atoms with E-state index < -0.39 is 0 Å². The molecule has 0 spiro atoms. The van der Waals surface area contributed by atoms with Crippen molar-refractivity contribution in [2.45, 2.75) is 19.5 Å². The van der Waals surface area contributed by atoms with Crippen LogP contribution in [0.5, 0.6) is 0 Å². The van der Waals surface area contributed by atoms with Gasteiger partial charge in [-0.2, -0.15) is 15.1 Å². The fraction of sp³-hybridized carbons (Fsp3) is 0.217. The first-order chi connectivity index (χ1) is 15.3. The maximum Gasteiger partial charge on any atom is 0.227 e. The summed E-state index contributed by atoms with van der Waals surface area (Å²) < 4.78 is 2.10. The van der Waals surface area contributed by atoms with Gasteiger partial charge in [-0.15, -0.1) is 0 Å². The van der Waals surface area contributed by atoms with Gasteiger partial charge in [0, 0.05) is 26.6 Å². The summed E-state index contributed by atoms with van der Waals surface area (Å²) in [6.45, 7) is 2.23. The number of rotatable bonds is 5. The fourth-order valence-electron chi connectivity index (χ4n) is 4.28. The first kappa shape index (κ1) is 17.9. The van der Waals surface area contributed by atoms with E-state index in [9.17, 15) is 0 Å². The van der Waals surface area contributed by atoms with E-state index in [4.69, 9.17) is 9.97 Å². The molecule has 0 atom stereocenters. The molecule has 0 bridgehead atoms. The number of nitrogens with zero attached hydrogens (tertiary/aromatic N) is 6. The third-order valence-electron chi connectivity index (χ3n) is 5.90. The molecule has 0 aliphatic carbocycles. The smallest absolute Gasteiger partial charge is 0.227 e. The first-order valence-electron chi connectivity index (χ1n) is 10.4. The minimum absolute atomic E-state index is 0.534. The number of H-pyrrole nitrogens is 1. The Balaban J connectivity index is 1.32. The van der Waals surface area contributed by atoms with Gasteiger partial charge in [0.2, 0.25) is 5.95 Å². The summed E-state index contributed by atoms with van der Waals surface area (Å²) in [5, 5.41) is 12.0. The molecular weight excluding hydrogens is 388 g/mol. The van der Waals surface area contributed by atoms with Gasteiger partial charge in [0.15, 0.2) is 5.65 Å². The molecule has 154 valence electrons. The molecule has 6 rings (SSSR count). The topological polar surface area (TPSA) is 87.5 Å². The fourth-order valence-corrected chi connectivity index (χ4v) is 4.28. The maximum atomic E-state index is 4.89. The third kappa shape index (κ3) is 3.07. The number of hydrogen-bond donors (Lipinski definition) is 2. The van der Waals surface area contributed by atoms with Crippen LogP contribution in [0.1, 0.15) is 17.1 Å². The van der Waals surface area contributed by atoms with Crippen LogP contribution in [0.2, 0.25) is 0 Å². The molecule has 5 aromatic rings. The molecule has 31 heavy (non-hydrogen) atoms. The summed E-state index contributed by atoms with van der Waals surface area (Å²) in [6.07, 6.45) is 0.909. The van der Waals surface area contributed by atoms with E-state index in [1.165, 1.54) is 5.56 Å². The molecule has 0 unspecified atom stereocenters. The number of hydrogen-bond acceptors (Lipinski definition) is 6. The summed E-state index contributed by atoms with van der Waals surface area (Å²) in [7, 11) is 2.03. The molecule has 0 amide bonds. The lowest BCUT2D eigenvalue weighted by atomic mass is 10.1. The van der Waals surface area contributed by atoms with Gasteiger partial charge in [-0.3, -0.25) is 5.10 Å². The maximum absolute atomic E-state index is 4.89. The van der Waals surface area contributed by atoms with Crippen LogP contribution in [0.4, 0.5) is 11.8 Å². The van der Waals surface area contributed by atoms with Gasteiger partial charge in [-0.05, 0) is 17.7 Å². The van der Waals surface area contributed by atoms with E-state index in [0.717, 1.165) is 53.3 Å². The van der Waals surface area contributed by atoms with Gasteiger partial charge in [0.05, 0.1) is 28.7 Å². The van der Waals surface area contributed by atoms with Crippen molar-refractivity contribution in [2.75, 3.05) is 16.8 Å². The zero-order chi connectivity index (χ0) is 20.8. The molecule has 2 N–H and O–H groups in total. The predicted molar refractivity (Wildman–Crippen MR) is 121 cm³/mol. The highest BCUT2D eigenvalue weighted by Gasteiger charge is 2.24. The molecular formula is C23H22N8. The number of aromatic amines is 1. The van der Waals surface area contributed by atoms with Crippen molar-refractivity contribution in [3.63, 3.8) is 0 Å². The van der Waals surface area contributed by atoms with Crippen molar-refractivity contribution in [1.82, 2.24) is 29.7 Å². The number of aryl methyl sites for hydroxylation is 1. The Labute approximate surface area is 179 Å². The van der Waals surface area contributed by atoms with E-state index in [1.807, 2.05) is 31.3 Å². The quantitative estimate of drug-likeness (QED) is 0.462. The molecule has 2 aromatic carbocycles. The largest absolute Gasteiger partial charge is 0.351 e. The molecule has 1 aliphatic heterocycles. The number of aromatic nitrogens is 6. The Bertz CT molecular complexity index is 1390. The van der Waals surface area contributed by atoms with Crippen molar-refractivity contribution in [3.8, 4) is 0 Å². The van der Waals surface area contributed by atoms with Gasteiger partial charge in [-0.1, -0.05) is 42.5 Å². The number of benzene rings is 2. The summed E-state index contributed by atoms with van der Waals surface area (Å²) >= 11 is 0. The second-order valence-electron chi connectivity index (χ2n) is 7.86. The number of anilines is 2. The van der Waals surface area contributed by atoms with E-state index in [-0.39, 0.29) is 0 Å². The van der Waals surface area contributed by atoms with Crippen LogP contribution in [-0.2, 0) is 26.6 Å². The molecule has 8 nitrogen and oxygen atoms in total. The molecule has 3 aromatic heterocycles. The van der Waals surface area contributed by atoms with Crippen LogP contribution >= 0.6 is 0 Å². The molecule has 0 fully saturated rings. The highest BCUT2D eigenvalue weighted by molar-refractivity contribution is 5.91. The van der Waals surface area contributed by atoms with E-state index in [1.54, 1.807) is 0 Å². The number of imidazole rings is 1. The number of fused-ring (bicyclic) bond motifs is 1. The zero-order valence-electron chi connectivity index (χ0n) is 17.2. The average Bonchev–Trinajstić information content (AvgIpc) is 3.37. The molecule has 0 saturated carbocycles. The standard InChI is InChI=1S/C23H22N8/c1-30-18-10-6-5-9-16(18)25-19(30)13-24-23-26-21-20-17(28-29-21)11-12-31(22(20)27-23)14-15-7-3-2-4-8-15/h2-10H,11-14H2,1H3,(H2,24,26,27,28,29). The van der Waals surface area contributed by atoms with Crippen molar-refractivity contribution in [1.29, 1.82) is 0 Å². The summed E-state index contributed by atoms with van der Waals surface area (Å²) in [4.78, 5) is 16.6. The highest BCUT2D eigenvalue weighted by atomic mass is 15.3. The lowest BCUT2D eigenvalue weighted by Gasteiger charge is -2.28. The monoisotopic (exact) mass is 410 g/mol. The lowest BCUT2D eigenvalue weighted by Crippen LogP contribution is -2.29. The molecule has 8 heteroatoms. The second-order valence-corrected chi connectivity index (χ2v) is 7.86. The van der Waals surface area contributed by atoms with E-state index in [0.29, 0.717) is 18.1 Å². The van der Waals surface area contributed by atoms with Crippen LogP contribution in [0.25, 0.3) is 22.1 Å². The Morgan fingerprint density at radius 2 is 1.84 bits per heavy atom. The van der Waals surface area contributed by atoms with Crippen LogP contribution in [-0.4, -0.2) is 36.3 Å². The van der Waals surface area contributed by atoms with E-state index >= 15 is 0 Å². The first-order valence-corrected chi connectivity index (χ1v) is 10.4. The van der Waals surface area contributed by atoms with Crippen LogP contribution in [0.15, 0.2) is 54.6 Å². The van der Waals surface area contributed by atoms with Crippen LogP contribution in [0.3, 0.4) is 0 Å². The van der Waals surface area contributed by atoms with Gasteiger partial charge in [-0.25, -0.2) is 4.98 Å². The number of para-hydroxylation sites is 2. The number of nitrogens with one attached hydrogen (secondary N) is 2. The SMILES string of the molecule is Cn1c(CNc2nc3c4c([nH]nc4n2)CCN3Cc2ccccc2)nc2ccccc21. The summed E-state index contributed by atoms with van der Waals surface area (Å²) in [5.74, 6) is 2.42. The minimum Gasteiger partial charge on any atom is -0.351 e. The Hall–Kier alpha value is -3.94. The normalized spacial score (nSPS) is 13.3. The van der Waals surface area contributed by atoms with E-state index in [2.05, 4.69) is 60.3 Å². The zero-order valence-corrected chi connectivity index (χ0v) is 17.2. The van der Waals surface area contributed by atoms with Gasteiger partial charge < -0.3 is 14.8 Å². The van der Waals surface area contributed by atoms with Gasteiger partial charge >= 0.3 is 0 Å². The minimum atomic E-state index is 0.534. The second kappa shape index (κ2) is 7.09. The summed E-state index contributed by atoms with van der Waals surface area (Å²) in [5.41, 5.74) is 5.16. The Morgan fingerprint density at radius 3 is 2.71 bits per heavy atom. The van der Waals surface area contributed by atoms with Crippen LogP contribution < -0.4 is 10.2 Å².